The molecule has 1 heterocycles. The van der Waals surface area contributed by atoms with Crippen molar-refractivity contribution in [1.29, 1.82) is 0 Å². The Balaban J connectivity index is 1.82. The second kappa shape index (κ2) is 10.5. The monoisotopic (exact) mass is 440 g/mol. The van der Waals surface area contributed by atoms with Crippen molar-refractivity contribution >= 4 is 5.78 Å². The molecule has 0 unspecified atom stereocenters. The van der Waals surface area contributed by atoms with E-state index in [1.165, 1.54) is 18.4 Å². The minimum absolute atomic E-state index is 0.178. The lowest BCUT2D eigenvalue weighted by Crippen LogP contribution is -2.43. The van der Waals surface area contributed by atoms with Crippen LogP contribution in [0.25, 0.3) is 0 Å². The Bertz CT molecular complexity index is 1000. The van der Waals surface area contributed by atoms with Gasteiger partial charge in [0, 0.05) is 18.2 Å². The van der Waals surface area contributed by atoms with E-state index in [9.17, 15) is 4.79 Å². The van der Waals surface area contributed by atoms with Gasteiger partial charge < -0.3 is 4.90 Å². The van der Waals surface area contributed by atoms with Crippen LogP contribution in [0.4, 0.5) is 0 Å². The molecule has 1 aliphatic heterocycles. The third-order valence-electron chi connectivity index (χ3n) is 7.20. The van der Waals surface area contributed by atoms with Crippen molar-refractivity contribution < 1.29 is 4.79 Å². The summed E-state index contributed by atoms with van der Waals surface area (Å²) in [7, 11) is 4.18. The zero-order valence-electron chi connectivity index (χ0n) is 20.2. The van der Waals surface area contributed by atoms with Crippen LogP contribution in [-0.4, -0.2) is 48.8 Å². The Labute approximate surface area is 199 Å². The average Bonchev–Trinajstić information content (AvgIpc) is 3.36. The third-order valence-corrected chi connectivity index (χ3v) is 7.20. The number of rotatable bonds is 9. The molecule has 0 aromatic heterocycles. The van der Waals surface area contributed by atoms with Crippen molar-refractivity contribution in [2.75, 3.05) is 27.2 Å². The quantitative estimate of drug-likeness (QED) is 0.393. The van der Waals surface area contributed by atoms with Crippen LogP contribution in [0.3, 0.4) is 0 Å². The first-order valence-electron chi connectivity index (χ1n) is 12.1. The molecule has 172 valence electrons. The van der Waals surface area contributed by atoms with Gasteiger partial charge in [-0.15, -0.1) is 0 Å². The molecule has 1 aliphatic rings. The molecule has 3 aromatic rings. The van der Waals surface area contributed by atoms with Crippen molar-refractivity contribution in [3.05, 3.63) is 107 Å². The first-order chi connectivity index (χ1) is 16.0. The van der Waals surface area contributed by atoms with Gasteiger partial charge >= 0.3 is 0 Å². The second-order valence-electron chi connectivity index (χ2n) is 9.67. The summed E-state index contributed by atoms with van der Waals surface area (Å²) in [5, 5.41) is 0. The van der Waals surface area contributed by atoms with E-state index in [0.717, 1.165) is 36.3 Å². The van der Waals surface area contributed by atoms with Gasteiger partial charge in [0.2, 0.25) is 0 Å². The van der Waals surface area contributed by atoms with Crippen LogP contribution in [0.1, 0.15) is 53.2 Å². The lowest BCUT2D eigenvalue weighted by atomic mass is 9.66. The number of carbonyl (C=O) groups is 1. The molecular weight excluding hydrogens is 404 g/mol. The van der Waals surface area contributed by atoms with Gasteiger partial charge in [-0.2, -0.15) is 0 Å². The summed E-state index contributed by atoms with van der Waals surface area (Å²) in [4.78, 5) is 19.3. The van der Waals surface area contributed by atoms with Crippen LogP contribution >= 0.6 is 0 Å². The fourth-order valence-corrected chi connectivity index (χ4v) is 5.08. The first kappa shape index (κ1) is 23.4. The maximum absolute atomic E-state index is 14.6. The van der Waals surface area contributed by atoms with E-state index in [0.29, 0.717) is 6.42 Å². The van der Waals surface area contributed by atoms with E-state index >= 15 is 0 Å². The summed E-state index contributed by atoms with van der Waals surface area (Å²) in [6.45, 7) is 5.42. The molecule has 0 amide bonds. The normalized spacial score (nSPS) is 15.6. The van der Waals surface area contributed by atoms with Gasteiger partial charge in [-0.25, -0.2) is 0 Å². The average molecular weight is 441 g/mol. The van der Waals surface area contributed by atoms with Gasteiger partial charge in [-0.1, -0.05) is 78.9 Å². The Morgan fingerprint density at radius 2 is 1.45 bits per heavy atom. The number of hydrogen-bond donors (Lipinski definition) is 0. The highest BCUT2D eigenvalue weighted by atomic mass is 16.1. The fourth-order valence-electron chi connectivity index (χ4n) is 5.08. The summed E-state index contributed by atoms with van der Waals surface area (Å²) in [6.07, 6.45) is 3.25. The summed E-state index contributed by atoms with van der Waals surface area (Å²) < 4.78 is 0. The van der Waals surface area contributed by atoms with Gasteiger partial charge in [0.15, 0.2) is 5.78 Å². The zero-order valence-corrected chi connectivity index (χ0v) is 20.2. The van der Waals surface area contributed by atoms with E-state index in [2.05, 4.69) is 73.3 Å². The smallest absolute Gasteiger partial charge is 0.177 e. The Hall–Kier alpha value is -2.75. The molecule has 33 heavy (non-hydrogen) atoms. The van der Waals surface area contributed by atoms with E-state index in [1.807, 2.05) is 42.5 Å². The molecule has 0 radical (unpaired) electrons. The molecule has 1 saturated heterocycles. The molecular formula is C30H36N2O. The van der Waals surface area contributed by atoms with Crippen LogP contribution in [0.15, 0.2) is 84.9 Å². The predicted octanol–water partition coefficient (Wildman–Crippen LogP) is 5.79. The molecule has 3 heteroatoms. The number of hydrogen-bond acceptors (Lipinski definition) is 3. The second-order valence-corrected chi connectivity index (χ2v) is 9.67. The Kier molecular flexibility index (Phi) is 7.42. The highest BCUT2D eigenvalue weighted by Gasteiger charge is 2.43. The van der Waals surface area contributed by atoms with Crippen molar-refractivity contribution in [2.24, 2.45) is 0 Å². The van der Waals surface area contributed by atoms with Gasteiger partial charge in [-0.3, -0.25) is 9.69 Å². The van der Waals surface area contributed by atoms with Crippen LogP contribution in [-0.2, 0) is 12.0 Å². The summed E-state index contributed by atoms with van der Waals surface area (Å²) in [5.74, 6) is 0.178. The van der Waals surface area contributed by atoms with Gasteiger partial charge in [-0.05, 0) is 76.1 Å². The molecule has 0 bridgehead atoms. The molecule has 0 saturated carbocycles. The van der Waals surface area contributed by atoms with Crippen LogP contribution in [0, 0.1) is 0 Å². The first-order valence-corrected chi connectivity index (χ1v) is 12.1. The topological polar surface area (TPSA) is 23.6 Å². The molecule has 0 N–H and O–H groups in total. The summed E-state index contributed by atoms with van der Waals surface area (Å²) >= 11 is 0. The lowest BCUT2D eigenvalue weighted by Gasteiger charge is -2.38. The number of carbonyl (C=O) groups excluding carboxylic acids is 1. The van der Waals surface area contributed by atoms with Crippen molar-refractivity contribution in [2.45, 2.75) is 44.2 Å². The number of Topliss-reactive ketones (excluding diaryl/α,β-unsaturated/α-hetero) is 1. The maximum atomic E-state index is 14.6. The highest BCUT2D eigenvalue weighted by molar-refractivity contribution is 6.06. The van der Waals surface area contributed by atoms with Crippen molar-refractivity contribution in [3.8, 4) is 0 Å². The van der Waals surface area contributed by atoms with Crippen molar-refractivity contribution in [1.82, 2.24) is 9.80 Å². The molecule has 0 aliphatic carbocycles. The summed E-state index contributed by atoms with van der Waals surface area (Å²) in [5.41, 5.74) is 3.38. The third kappa shape index (κ3) is 5.10. The number of likely N-dealkylation sites (tertiary alicyclic amines) is 1. The van der Waals surface area contributed by atoms with Crippen molar-refractivity contribution in [3.63, 3.8) is 0 Å². The SMILES string of the molecule is C[C@@H](CC(C(=O)c1cccc(CN2CCCC2)c1)(c1ccccc1)c1ccccc1)N(C)C. The number of benzene rings is 3. The molecule has 4 rings (SSSR count). The van der Waals surface area contributed by atoms with Crippen LogP contribution in [0.2, 0.25) is 0 Å². The minimum atomic E-state index is -0.752. The van der Waals surface area contributed by atoms with Gasteiger partial charge in [0.05, 0.1) is 5.41 Å². The Morgan fingerprint density at radius 1 is 0.879 bits per heavy atom. The van der Waals surface area contributed by atoms with Crippen LogP contribution < -0.4 is 0 Å². The van der Waals surface area contributed by atoms with Gasteiger partial charge in [0.1, 0.15) is 0 Å². The predicted molar refractivity (Wildman–Crippen MR) is 137 cm³/mol. The standard InChI is InChI=1S/C30H36N2O/c1-24(31(2)3)22-30(27-15-6-4-7-16-27,28-17-8-5-9-18-28)29(33)26-14-12-13-25(21-26)23-32-19-10-11-20-32/h4-9,12-18,21,24H,10-11,19-20,22-23H2,1-3H3/t24-/m0/s1. The summed E-state index contributed by atoms with van der Waals surface area (Å²) in [6, 6.07) is 29.2. The fraction of sp³-hybridized carbons (Fsp3) is 0.367. The molecule has 1 atom stereocenters. The number of ketones is 1. The Morgan fingerprint density at radius 3 is 2.00 bits per heavy atom. The largest absolute Gasteiger partial charge is 0.307 e. The minimum Gasteiger partial charge on any atom is -0.307 e. The number of nitrogens with zero attached hydrogens (tertiary/aromatic N) is 2. The van der Waals surface area contributed by atoms with E-state index in [1.54, 1.807) is 0 Å². The maximum Gasteiger partial charge on any atom is 0.177 e. The zero-order chi connectivity index (χ0) is 23.3. The highest BCUT2D eigenvalue weighted by Crippen LogP contribution is 2.40. The molecule has 1 fully saturated rings. The lowest BCUT2D eigenvalue weighted by molar-refractivity contribution is 0.0882. The van der Waals surface area contributed by atoms with Gasteiger partial charge in [0.25, 0.3) is 0 Å². The van der Waals surface area contributed by atoms with E-state index < -0.39 is 5.41 Å². The molecule has 0 spiro atoms. The van der Waals surface area contributed by atoms with E-state index in [-0.39, 0.29) is 11.8 Å². The molecule has 3 aromatic carbocycles. The molecule has 3 nitrogen and oxygen atoms in total. The van der Waals surface area contributed by atoms with Crippen LogP contribution in [0.5, 0.6) is 0 Å². The van der Waals surface area contributed by atoms with E-state index in [4.69, 9.17) is 0 Å².